The zero-order chi connectivity index (χ0) is 14.5. The molecule has 2 aliphatic rings. The molecule has 22 heavy (non-hydrogen) atoms. The topological polar surface area (TPSA) is 52.8 Å². The average molecular weight is 418 g/mol. The van der Waals surface area contributed by atoms with E-state index in [0.29, 0.717) is 6.04 Å². The number of aliphatic imine (C=N–C) groups is 1. The van der Waals surface area contributed by atoms with E-state index >= 15 is 0 Å². The van der Waals surface area contributed by atoms with Gasteiger partial charge in [-0.1, -0.05) is 0 Å². The molecule has 124 valence electrons. The summed E-state index contributed by atoms with van der Waals surface area (Å²) in [6.07, 6.45) is 7.04. The first-order valence-electron chi connectivity index (χ1n) is 8.09. The molecule has 1 aliphatic carbocycles. The van der Waals surface area contributed by atoms with Crippen molar-refractivity contribution in [2.24, 2.45) is 10.9 Å². The van der Waals surface area contributed by atoms with Gasteiger partial charge in [0.15, 0.2) is 5.96 Å². The molecule has 1 atom stereocenters. The van der Waals surface area contributed by atoms with Crippen molar-refractivity contribution < 1.29 is 4.42 Å². The first-order valence-corrected chi connectivity index (χ1v) is 8.09. The molecular formula is C16H27IN4O. The zero-order valence-electron chi connectivity index (χ0n) is 13.3. The number of hydrogen-bond acceptors (Lipinski definition) is 3. The molecule has 0 radical (unpaired) electrons. The Labute approximate surface area is 149 Å². The highest BCUT2D eigenvalue weighted by Gasteiger charge is 2.26. The van der Waals surface area contributed by atoms with Crippen LogP contribution in [0.2, 0.25) is 0 Å². The normalized spacial score (nSPS) is 20.5. The molecule has 0 bridgehead atoms. The van der Waals surface area contributed by atoms with Crippen LogP contribution in [0.15, 0.2) is 27.8 Å². The van der Waals surface area contributed by atoms with E-state index in [1.807, 2.05) is 13.1 Å². The molecule has 1 aromatic heterocycles. The monoisotopic (exact) mass is 418 g/mol. The lowest BCUT2D eigenvalue weighted by molar-refractivity contribution is 0.215. The summed E-state index contributed by atoms with van der Waals surface area (Å²) in [4.78, 5) is 6.81. The van der Waals surface area contributed by atoms with Crippen molar-refractivity contribution in [3.63, 3.8) is 0 Å². The van der Waals surface area contributed by atoms with Crippen LogP contribution >= 0.6 is 24.0 Å². The third kappa shape index (κ3) is 4.87. The van der Waals surface area contributed by atoms with Crippen LogP contribution in [0.4, 0.5) is 0 Å². The van der Waals surface area contributed by atoms with Gasteiger partial charge in [0.05, 0.1) is 12.3 Å². The maximum Gasteiger partial charge on any atom is 0.191 e. The van der Waals surface area contributed by atoms with Crippen molar-refractivity contribution in [1.29, 1.82) is 0 Å². The highest BCUT2D eigenvalue weighted by Crippen LogP contribution is 2.27. The van der Waals surface area contributed by atoms with Crippen LogP contribution in [0, 0.1) is 5.92 Å². The first kappa shape index (κ1) is 17.6. The minimum Gasteiger partial charge on any atom is -0.468 e. The second-order valence-electron chi connectivity index (χ2n) is 6.05. The fourth-order valence-electron chi connectivity index (χ4n) is 2.92. The molecule has 5 nitrogen and oxygen atoms in total. The van der Waals surface area contributed by atoms with Crippen molar-refractivity contribution in [1.82, 2.24) is 15.5 Å². The molecule has 1 aliphatic heterocycles. The minimum atomic E-state index is 0. The second-order valence-corrected chi connectivity index (χ2v) is 6.05. The summed E-state index contributed by atoms with van der Waals surface area (Å²) in [6.45, 7) is 4.18. The maximum atomic E-state index is 5.64. The Morgan fingerprint density at radius 2 is 2.14 bits per heavy atom. The van der Waals surface area contributed by atoms with E-state index < -0.39 is 0 Å². The quantitative estimate of drug-likeness (QED) is 0.424. The molecule has 2 fully saturated rings. The Morgan fingerprint density at radius 1 is 1.36 bits per heavy atom. The fourth-order valence-corrected chi connectivity index (χ4v) is 2.92. The van der Waals surface area contributed by atoms with Gasteiger partial charge in [-0.05, 0) is 56.8 Å². The third-order valence-electron chi connectivity index (χ3n) is 4.39. The highest BCUT2D eigenvalue weighted by atomic mass is 127. The van der Waals surface area contributed by atoms with Crippen LogP contribution in [0.1, 0.15) is 37.5 Å². The molecule has 1 aromatic rings. The zero-order valence-corrected chi connectivity index (χ0v) is 15.6. The number of halogens is 1. The number of likely N-dealkylation sites (tertiary alicyclic amines) is 1. The first-order chi connectivity index (χ1) is 10.4. The van der Waals surface area contributed by atoms with Crippen LogP contribution in [0.3, 0.4) is 0 Å². The molecule has 0 amide bonds. The van der Waals surface area contributed by atoms with E-state index in [1.165, 1.54) is 25.7 Å². The molecule has 6 heteroatoms. The number of guanidine groups is 1. The van der Waals surface area contributed by atoms with E-state index in [9.17, 15) is 0 Å². The summed E-state index contributed by atoms with van der Waals surface area (Å²) in [5, 5.41) is 6.87. The summed E-state index contributed by atoms with van der Waals surface area (Å²) in [6, 6.07) is 4.34. The summed E-state index contributed by atoms with van der Waals surface area (Å²) < 4.78 is 5.64. The third-order valence-corrected chi connectivity index (χ3v) is 4.39. The largest absolute Gasteiger partial charge is 0.468 e. The molecule has 1 saturated heterocycles. The van der Waals surface area contributed by atoms with Crippen LogP contribution in [0.25, 0.3) is 0 Å². The van der Waals surface area contributed by atoms with Gasteiger partial charge in [0, 0.05) is 20.1 Å². The van der Waals surface area contributed by atoms with E-state index in [2.05, 4.69) is 26.6 Å². The summed E-state index contributed by atoms with van der Waals surface area (Å²) in [7, 11) is 1.83. The Balaban J connectivity index is 0.00000176. The van der Waals surface area contributed by atoms with Crippen LogP contribution in [-0.4, -0.2) is 44.1 Å². The van der Waals surface area contributed by atoms with E-state index in [1.54, 1.807) is 6.26 Å². The molecule has 1 saturated carbocycles. The second kappa shape index (κ2) is 8.76. The SMILES string of the molecule is CN=C(NCC1CC1)NCC(c1ccco1)N1CCCC1.I. The van der Waals surface area contributed by atoms with Crippen LogP contribution in [-0.2, 0) is 0 Å². The van der Waals surface area contributed by atoms with Crippen molar-refractivity contribution in [3.05, 3.63) is 24.2 Å². The average Bonchev–Trinajstić information content (AvgIpc) is 2.97. The molecule has 3 rings (SSSR count). The smallest absolute Gasteiger partial charge is 0.191 e. The predicted octanol–water partition coefficient (Wildman–Crippen LogP) is 2.61. The highest BCUT2D eigenvalue weighted by molar-refractivity contribution is 14.0. The van der Waals surface area contributed by atoms with Crippen molar-refractivity contribution in [3.8, 4) is 0 Å². The van der Waals surface area contributed by atoms with Gasteiger partial charge in [-0.3, -0.25) is 9.89 Å². The lowest BCUT2D eigenvalue weighted by Crippen LogP contribution is -2.43. The van der Waals surface area contributed by atoms with Gasteiger partial charge in [-0.25, -0.2) is 0 Å². The number of nitrogens with zero attached hydrogens (tertiary/aromatic N) is 2. The van der Waals surface area contributed by atoms with Gasteiger partial charge < -0.3 is 15.1 Å². The minimum absolute atomic E-state index is 0. The summed E-state index contributed by atoms with van der Waals surface area (Å²) >= 11 is 0. The molecule has 0 aromatic carbocycles. The standard InChI is InChI=1S/C16H26N4O.HI/c1-17-16(18-11-13-6-7-13)19-12-14(15-5-4-10-21-15)20-8-2-3-9-20;/h4-5,10,13-14H,2-3,6-9,11-12H2,1H3,(H2,17,18,19);1H. The van der Waals surface area contributed by atoms with Crippen molar-refractivity contribution in [2.75, 3.05) is 33.2 Å². The van der Waals surface area contributed by atoms with Gasteiger partial charge in [-0.15, -0.1) is 24.0 Å². The van der Waals surface area contributed by atoms with Crippen molar-refractivity contribution >= 4 is 29.9 Å². The van der Waals surface area contributed by atoms with Gasteiger partial charge in [-0.2, -0.15) is 0 Å². The van der Waals surface area contributed by atoms with Gasteiger partial charge in [0.2, 0.25) is 0 Å². The Morgan fingerprint density at radius 3 is 2.73 bits per heavy atom. The fraction of sp³-hybridized carbons (Fsp3) is 0.688. The lowest BCUT2D eigenvalue weighted by Gasteiger charge is -2.26. The van der Waals surface area contributed by atoms with Gasteiger partial charge in [0.25, 0.3) is 0 Å². The Bertz CT molecular complexity index is 453. The summed E-state index contributed by atoms with van der Waals surface area (Å²) in [5.74, 6) is 2.79. The number of nitrogens with one attached hydrogen (secondary N) is 2. The predicted molar refractivity (Wildman–Crippen MR) is 99.8 cm³/mol. The number of rotatable bonds is 6. The van der Waals surface area contributed by atoms with Gasteiger partial charge in [0.1, 0.15) is 5.76 Å². The van der Waals surface area contributed by atoms with Crippen molar-refractivity contribution in [2.45, 2.75) is 31.7 Å². The van der Waals surface area contributed by atoms with Crippen LogP contribution < -0.4 is 10.6 Å². The van der Waals surface area contributed by atoms with E-state index in [-0.39, 0.29) is 24.0 Å². The maximum absolute atomic E-state index is 5.64. The van der Waals surface area contributed by atoms with Crippen LogP contribution in [0.5, 0.6) is 0 Å². The molecule has 2 N–H and O–H groups in total. The molecule has 2 heterocycles. The summed E-state index contributed by atoms with van der Waals surface area (Å²) in [5.41, 5.74) is 0. The molecular weight excluding hydrogens is 391 g/mol. The molecule has 0 spiro atoms. The number of furan rings is 1. The van der Waals surface area contributed by atoms with E-state index in [4.69, 9.17) is 4.42 Å². The Hall–Kier alpha value is -0.760. The lowest BCUT2D eigenvalue weighted by atomic mass is 10.2. The molecule has 1 unspecified atom stereocenters. The van der Waals surface area contributed by atoms with Gasteiger partial charge >= 0.3 is 0 Å². The Kier molecular flexibility index (Phi) is 7.01. The van der Waals surface area contributed by atoms with E-state index in [0.717, 1.165) is 43.8 Å². The number of hydrogen-bond donors (Lipinski definition) is 2.